The Balaban J connectivity index is 2.25. The Morgan fingerprint density at radius 2 is 1.78 bits per heavy atom. The number of carboxylic acid groups (broad SMARTS) is 1. The van der Waals surface area contributed by atoms with Gasteiger partial charge in [0.05, 0.1) is 5.41 Å². The molecule has 1 aromatic rings. The highest BCUT2D eigenvalue weighted by Gasteiger charge is 2.74. The molecular formula is C18H19Cl3O2. The number of allylic oxidation sites excluding steroid dienone is 2. The van der Waals surface area contributed by atoms with Crippen molar-refractivity contribution in [1.82, 2.24) is 0 Å². The molecule has 0 amide bonds. The van der Waals surface area contributed by atoms with Crippen molar-refractivity contribution in [2.24, 2.45) is 16.7 Å². The fourth-order valence-electron chi connectivity index (χ4n) is 3.49. The van der Waals surface area contributed by atoms with Crippen LogP contribution in [0.2, 0.25) is 0 Å². The Morgan fingerprint density at radius 1 is 1.22 bits per heavy atom. The predicted octanol–water partition coefficient (Wildman–Crippen LogP) is 5.57. The summed E-state index contributed by atoms with van der Waals surface area (Å²) in [5.74, 6) is -0.996. The minimum Gasteiger partial charge on any atom is -0.481 e. The molecule has 0 radical (unpaired) electrons. The molecule has 0 aliphatic heterocycles. The van der Waals surface area contributed by atoms with Crippen LogP contribution >= 0.6 is 34.8 Å². The van der Waals surface area contributed by atoms with Crippen LogP contribution in [0.5, 0.6) is 0 Å². The highest BCUT2D eigenvalue weighted by molar-refractivity contribution is 6.55. The van der Waals surface area contributed by atoms with Crippen LogP contribution < -0.4 is 0 Å². The summed E-state index contributed by atoms with van der Waals surface area (Å²) in [6.45, 7) is 3.89. The molecule has 5 heteroatoms. The van der Waals surface area contributed by atoms with E-state index in [0.717, 1.165) is 17.5 Å². The topological polar surface area (TPSA) is 37.3 Å². The van der Waals surface area contributed by atoms with Gasteiger partial charge >= 0.3 is 5.97 Å². The van der Waals surface area contributed by atoms with Crippen LogP contribution in [0.3, 0.4) is 0 Å². The maximum absolute atomic E-state index is 12.0. The fraction of sp³-hybridized carbons (Fsp3) is 0.389. The van der Waals surface area contributed by atoms with Crippen molar-refractivity contribution in [2.45, 2.75) is 26.7 Å². The third-order valence-electron chi connectivity index (χ3n) is 5.00. The summed E-state index contributed by atoms with van der Waals surface area (Å²) in [4.78, 5) is 12.0. The molecule has 2 atom stereocenters. The fourth-order valence-corrected chi connectivity index (χ4v) is 3.83. The minimum absolute atomic E-state index is 0.120. The summed E-state index contributed by atoms with van der Waals surface area (Å²) in [5.41, 5.74) is 2.34. The molecule has 2 unspecified atom stereocenters. The van der Waals surface area contributed by atoms with E-state index >= 15 is 0 Å². The summed E-state index contributed by atoms with van der Waals surface area (Å²) < 4.78 is 0.120. The maximum atomic E-state index is 12.0. The highest BCUT2D eigenvalue weighted by Crippen LogP contribution is 2.71. The molecule has 1 fully saturated rings. The van der Waals surface area contributed by atoms with Crippen molar-refractivity contribution >= 4 is 40.8 Å². The van der Waals surface area contributed by atoms with E-state index in [-0.39, 0.29) is 10.4 Å². The van der Waals surface area contributed by atoms with E-state index in [2.05, 4.69) is 0 Å². The van der Waals surface area contributed by atoms with Gasteiger partial charge in [0, 0.05) is 11.5 Å². The molecule has 0 bridgehead atoms. The molecule has 1 N–H and O–H groups in total. The normalized spacial score (nSPS) is 25.3. The van der Waals surface area contributed by atoms with Gasteiger partial charge in [-0.05, 0) is 35.5 Å². The molecule has 0 spiro atoms. The molecular weight excluding hydrogens is 355 g/mol. The SMILES string of the molecule is CC1(C)C(C=C(Cl)Cl)C1(Cc1ccc(CC=CCl)cc1)C(=O)O. The summed E-state index contributed by atoms with van der Waals surface area (Å²) in [6, 6.07) is 7.94. The number of hydrogen-bond donors (Lipinski definition) is 1. The standard InChI is InChI=1S/C18H19Cl3O2/c1-17(2)14(10-15(20)21)18(17,16(22)23)11-13-7-5-12(6-8-13)4-3-9-19/h3,5-10,14H,4,11H2,1-2H3,(H,22,23). The van der Waals surface area contributed by atoms with Crippen LogP contribution in [0.15, 0.2) is 46.4 Å². The molecule has 0 saturated heterocycles. The van der Waals surface area contributed by atoms with Crippen molar-refractivity contribution < 1.29 is 9.90 Å². The summed E-state index contributed by atoms with van der Waals surface area (Å²) in [7, 11) is 0. The second-order valence-corrected chi connectivity index (χ2v) is 7.75. The quantitative estimate of drug-likeness (QED) is 0.707. The number of halogens is 3. The van der Waals surface area contributed by atoms with Crippen LogP contribution in [0, 0.1) is 16.7 Å². The Morgan fingerprint density at radius 3 is 2.26 bits per heavy atom. The number of hydrogen-bond acceptors (Lipinski definition) is 1. The van der Waals surface area contributed by atoms with Crippen LogP contribution in [0.4, 0.5) is 0 Å². The summed E-state index contributed by atoms with van der Waals surface area (Å²) in [6.07, 6.45) is 4.72. The first-order valence-electron chi connectivity index (χ1n) is 7.35. The number of rotatable bonds is 6. The third-order valence-corrected chi connectivity index (χ3v) is 5.43. The van der Waals surface area contributed by atoms with E-state index < -0.39 is 16.8 Å². The lowest BCUT2D eigenvalue weighted by Gasteiger charge is -2.16. The van der Waals surface area contributed by atoms with Crippen molar-refractivity contribution in [1.29, 1.82) is 0 Å². The van der Waals surface area contributed by atoms with E-state index in [4.69, 9.17) is 34.8 Å². The Hall–Kier alpha value is -0.960. The van der Waals surface area contributed by atoms with Gasteiger partial charge in [0.25, 0.3) is 0 Å². The van der Waals surface area contributed by atoms with Crippen LogP contribution in [-0.2, 0) is 17.6 Å². The first-order valence-corrected chi connectivity index (χ1v) is 8.54. The molecule has 1 saturated carbocycles. The van der Waals surface area contributed by atoms with E-state index in [9.17, 15) is 9.90 Å². The van der Waals surface area contributed by atoms with Gasteiger partial charge in [-0.25, -0.2) is 0 Å². The van der Waals surface area contributed by atoms with Crippen LogP contribution in [0.25, 0.3) is 0 Å². The molecule has 0 heterocycles. The number of carbonyl (C=O) groups is 1. The molecule has 23 heavy (non-hydrogen) atoms. The van der Waals surface area contributed by atoms with Crippen molar-refractivity contribution in [3.05, 3.63) is 57.6 Å². The zero-order valence-corrected chi connectivity index (χ0v) is 15.3. The third kappa shape index (κ3) is 3.45. The monoisotopic (exact) mass is 372 g/mol. The molecule has 2 rings (SSSR count). The van der Waals surface area contributed by atoms with Gasteiger partial charge in [0.15, 0.2) is 0 Å². The van der Waals surface area contributed by atoms with Gasteiger partial charge in [-0.15, -0.1) is 0 Å². The van der Waals surface area contributed by atoms with Crippen molar-refractivity contribution in [3.63, 3.8) is 0 Å². The first kappa shape index (κ1) is 18.4. The van der Waals surface area contributed by atoms with Gasteiger partial charge < -0.3 is 5.11 Å². The molecule has 0 aromatic heterocycles. The molecule has 1 aliphatic carbocycles. The minimum atomic E-state index is -0.875. The van der Waals surface area contributed by atoms with Crippen LogP contribution in [-0.4, -0.2) is 11.1 Å². The zero-order chi connectivity index (χ0) is 17.3. The Labute approximate surface area is 151 Å². The summed E-state index contributed by atoms with van der Waals surface area (Å²) in [5, 5.41) is 9.82. The van der Waals surface area contributed by atoms with Crippen LogP contribution in [0.1, 0.15) is 25.0 Å². The second-order valence-electron chi connectivity index (χ2n) is 6.49. The zero-order valence-electron chi connectivity index (χ0n) is 13.0. The van der Waals surface area contributed by atoms with Crippen molar-refractivity contribution in [2.75, 3.05) is 0 Å². The number of aliphatic carboxylic acids is 1. The first-order chi connectivity index (χ1) is 10.8. The van der Waals surface area contributed by atoms with E-state index in [1.165, 1.54) is 5.54 Å². The molecule has 1 aliphatic rings. The van der Waals surface area contributed by atoms with Gasteiger partial charge in [0.1, 0.15) is 4.49 Å². The molecule has 2 nitrogen and oxygen atoms in total. The highest BCUT2D eigenvalue weighted by atomic mass is 35.5. The maximum Gasteiger partial charge on any atom is 0.311 e. The summed E-state index contributed by atoms with van der Waals surface area (Å²) >= 11 is 17.1. The Kier molecular flexibility index (Phi) is 5.50. The van der Waals surface area contributed by atoms with E-state index in [0.29, 0.717) is 6.42 Å². The Bertz CT molecular complexity index is 643. The average molecular weight is 374 g/mol. The van der Waals surface area contributed by atoms with E-state index in [1.54, 1.807) is 6.08 Å². The second kappa shape index (κ2) is 6.88. The van der Waals surface area contributed by atoms with Gasteiger partial charge in [-0.2, -0.15) is 0 Å². The lowest BCUT2D eigenvalue weighted by atomic mass is 9.88. The predicted molar refractivity (Wildman–Crippen MR) is 96.0 cm³/mol. The van der Waals surface area contributed by atoms with Gasteiger partial charge in [-0.1, -0.05) is 79.0 Å². The van der Waals surface area contributed by atoms with Gasteiger partial charge in [0.2, 0.25) is 0 Å². The smallest absolute Gasteiger partial charge is 0.311 e. The average Bonchev–Trinajstić information content (AvgIpc) is 2.94. The molecule has 1 aromatic carbocycles. The van der Waals surface area contributed by atoms with Gasteiger partial charge in [-0.3, -0.25) is 4.79 Å². The molecule has 124 valence electrons. The largest absolute Gasteiger partial charge is 0.481 e. The lowest BCUT2D eigenvalue weighted by molar-refractivity contribution is -0.145. The number of carboxylic acids is 1. The van der Waals surface area contributed by atoms with E-state index in [1.807, 2.05) is 44.2 Å². The van der Waals surface area contributed by atoms with Crippen molar-refractivity contribution in [3.8, 4) is 0 Å². The lowest BCUT2D eigenvalue weighted by Crippen LogP contribution is -2.24. The number of benzene rings is 1.